The largest absolute Gasteiger partial charge is 0.271 e. The Kier molecular flexibility index (Phi) is 4.31. The van der Waals surface area contributed by atoms with Gasteiger partial charge in [-0.25, -0.2) is 0 Å². The molecule has 0 aliphatic carbocycles. The number of aryl methyl sites for hydroxylation is 2. The summed E-state index contributed by atoms with van der Waals surface area (Å²) in [7, 11) is 1.92. The van der Waals surface area contributed by atoms with Crippen molar-refractivity contribution in [3.63, 3.8) is 0 Å². The molecular formula is C14H16Cl2N2. The lowest BCUT2D eigenvalue weighted by Crippen LogP contribution is -2.08. The molecule has 0 bridgehead atoms. The van der Waals surface area contributed by atoms with Crippen molar-refractivity contribution in [3.05, 3.63) is 52.3 Å². The maximum Gasteiger partial charge on any atom is 0.0847 e. The Morgan fingerprint density at radius 3 is 2.44 bits per heavy atom. The summed E-state index contributed by atoms with van der Waals surface area (Å²) < 4.78 is 1.85. The van der Waals surface area contributed by atoms with E-state index in [1.807, 2.05) is 36.9 Å². The maximum absolute atomic E-state index is 6.28. The van der Waals surface area contributed by atoms with Crippen LogP contribution in [-0.2, 0) is 13.5 Å². The van der Waals surface area contributed by atoms with Gasteiger partial charge in [0.2, 0.25) is 0 Å². The molecule has 2 nitrogen and oxygen atoms in total. The van der Waals surface area contributed by atoms with Gasteiger partial charge in [0.1, 0.15) is 0 Å². The maximum atomic E-state index is 6.28. The van der Waals surface area contributed by atoms with Crippen molar-refractivity contribution in [1.29, 1.82) is 0 Å². The fraction of sp³-hybridized carbons (Fsp3) is 0.357. The second kappa shape index (κ2) is 5.77. The van der Waals surface area contributed by atoms with Crippen molar-refractivity contribution in [2.75, 3.05) is 5.88 Å². The Morgan fingerprint density at radius 1 is 1.28 bits per heavy atom. The third-order valence-electron chi connectivity index (χ3n) is 3.16. The molecule has 0 saturated carbocycles. The molecule has 0 N–H and O–H groups in total. The van der Waals surface area contributed by atoms with Gasteiger partial charge in [-0.1, -0.05) is 41.9 Å². The average Bonchev–Trinajstić information content (AvgIpc) is 2.62. The van der Waals surface area contributed by atoms with Crippen molar-refractivity contribution in [1.82, 2.24) is 9.78 Å². The average molecular weight is 283 g/mol. The van der Waals surface area contributed by atoms with Crippen LogP contribution in [0.2, 0.25) is 5.02 Å². The summed E-state index contributed by atoms with van der Waals surface area (Å²) in [5.41, 5.74) is 3.15. The molecule has 2 rings (SSSR count). The van der Waals surface area contributed by atoms with Crippen LogP contribution < -0.4 is 0 Å². The van der Waals surface area contributed by atoms with E-state index >= 15 is 0 Å². The van der Waals surface area contributed by atoms with Gasteiger partial charge >= 0.3 is 0 Å². The summed E-state index contributed by atoms with van der Waals surface area (Å²) >= 11 is 12.4. The van der Waals surface area contributed by atoms with Gasteiger partial charge in [0.25, 0.3) is 0 Å². The summed E-state index contributed by atoms with van der Waals surface area (Å²) in [4.78, 5) is 0. The molecule has 0 radical (unpaired) electrons. The first kappa shape index (κ1) is 13.4. The lowest BCUT2D eigenvalue weighted by atomic mass is 9.96. The second-order valence-corrected chi connectivity index (χ2v) is 5.12. The normalized spacial score (nSPS) is 12.7. The minimum atomic E-state index is 0.264. The minimum absolute atomic E-state index is 0.264. The molecule has 0 saturated heterocycles. The molecule has 1 aromatic carbocycles. The molecule has 0 aliphatic heterocycles. The Bertz CT molecular complexity index is 520. The van der Waals surface area contributed by atoms with Crippen LogP contribution in [-0.4, -0.2) is 15.7 Å². The van der Waals surface area contributed by atoms with Gasteiger partial charge in [0.15, 0.2) is 0 Å². The van der Waals surface area contributed by atoms with Crippen molar-refractivity contribution in [3.8, 4) is 0 Å². The Balaban J connectivity index is 2.26. The highest BCUT2D eigenvalue weighted by molar-refractivity contribution is 6.31. The first-order valence-corrected chi connectivity index (χ1v) is 6.83. The predicted octanol–water partition coefficient (Wildman–Crippen LogP) is 3.95. The van der Waals surface area contributed by atoms with E-state index < -0.39 is 0 Å². The first-order valence-electron chi connectivity index (χ1n) is 5.92. The highest BCUT2D eigenvalue weighted by Crippen LogP contribution is 2.27. The number of nitrogens with zero attached hydrogens (tertiary/aromatic N) is 2. The summed E-state index contributed by atoms with van der Waals surface area (Å²) in [5.74, 6) is 0.838. The van der Waals surface area contributed by atoms with Crippen LogP contribution in [0.4, 0.5) is 0 Å². The molecule has 0 fully saturated rings. The number of rotatable bonds is 4. The van der Waals surface area contributed by atoms with E-state index in [0.29, 0.717) is 5.88 Å². The molecule has 0 amide bonds. The predicted molar refractivity (Wildman–Crippen MR) is 76.6 cm³/mol. The van der Waals surface area contributed by atoms with E-state index in [2.05, 4.69) is 17.2 Å². The van der Waals surface area contributed by atoms with Crippen LogP contribution in [0.1, 0.15) is 22.9 Å². The van der Waals surface area contributed by atoms with Gasteiger partial charge in [-0.2, -0.15) is 5.10 Å². The second-order valence-electron chi connectivity index (χ2n) is 4.44. The smallest absolute Gasteiger partial charge is 0.0847 e. The SMILES string of the molecule is Cc1nn(C)c(CC(CCl)c2ccccc2)c1Cl. The molecule has 1 atom stereocenters. The lowest BCUT2D eigenvalue weighted by Gasteiger charge is -2.14. The standard InChI is InChI=1S/C14H16Cl2N2/c1-10-14(16)13(18(2)17-10)8-12(9-15)11-6-4-3-5-7-11/h3-7,12H,8-9H2,1-2H3. The molecule has 0 aliphatic rings. The van der Waals surface area contributed by atoms with E-state index in [1.54, 1.807) is 0 Å². The first-order chi connectivity index (χ1) is 8.63. The van der Waals surface area contributed by atoms with Gasteiger partial charge in [-0.15, -0.1) is 11.6 Å². The summed E-state index contributed by atoms with van der Waals surface area (Å²) in [6.45, 7) is 1.92. The minimum Gasteiger partial charge on any atom is -0.271 e. The fourth-order valence-electron chi connectivity index (χ4n) is 2.12. The number of halogens is 2. The highest BCUT2D eigenvalue weighted by atomic mass is 35.5. The molecule has 1 heterocycles. The van der Waals surface area contributed by atoms with Gasteiger partial charge in [0.05, 0.1) is 16.4 Å². The van der Waals surface area contributed by atoms with Crippen LogP contribution in [0.15, 0.2) is 30.3 Å². The molecular weight excluding hydrogens is 267 g/mol. The van der Waals surface area contributed by atoms with Gasteiger partial charge in [0, 0.05) is 18.8 Å². The van der Waals surface area contributed by atoms with Crippen molar-refractivity contribution in [2.24, 2.45) is 7.05 Å². The van der Waals surface area contributed by atoms with E-state index in [4.69, 9.17) is 23.2 Å². The highest BCUT2D eigenvalue weighted by Gasteiger charge is 2.17. The van der Waals surface area contributed by atoms with Gasteiger partial charge < -0.3 is 0 Å². The quantitative estimate of drug-likeness (QED) is 0.777. The van der Waals surface area contributed by atoms with E-state index in [1.165, 1.54) is 5.56 Å². The molecule has 1 aromatic heterocycles. The van der Waals surface area contributed by atoms with E-state index in [-0.39, 0.29) is 5.92 Å². The topological polar surface area (TPSA) is 17.8 Å². The van der Waals surface area contributed by atoms with Crippen LogP contribution >= 0.6 is 23.2 Å². The number of alkyl halides is 1. The number of hydrogen-bond donors (Lipinski definition) is 0. The van der Waals surface area contributed by atoms with Gasteiger partial charge in [-0.05, 0) is 18.9 Å². The van der Waals surface area contributed by atoms with Gasteiger partial charge in [-0.3, -0.25) is 4.68 Å². The van der Waals surface area contributed by atoms with E-state index in [0.717, 1.165) is 22.8 Å². The fourth-order valence-corrected chi connectivity index (χ4v) is 2.65. The van der Waals surface area contributed by atoms with E-state index in [9.17, 15) is 0 Å². The molecule has 1 unspecified atom stereocenters. The number of aromatic nitrogens is 2. The lowest BCUT2D eigenvalue weighted by molar-refractivity contribution is 0.657. The zero-order valence-electron chi connectivity index (χ0n) is 10.5. The molecule has 0 spiro atoms. The zero-order valence-corrected chi connectivity index (χ0v) is 12.0. The van der Waals surface area contributed by atoms with Crippen molar-refractivity contribution >= 4 is 23.2 Å². The monoisotopic (exact) mass is 282 g/mol. The summed E-state index contributed by atoms with van der Waals surface area (Å²) in [6, 6.07) is 10.3. The van der Waals surface area contributed by atoms with Crippen LogP contribution in [0, 0.1) is 6.92 Å². The Hall–Kier alpha value is -0.990. The number of benzene rings is 1. The van der Waals surface area contributed by atoms with Crippen molar-refractivity contribution in [2.45, 2.75) is 19.3 Å². The van der Waals surface area contributed by atoms with Crippen LogP contribution in [0.5, 0.6) is 0 Å². The zero-order chi connectivity index (χ0) is 13.1. The molecule has 18 heavy (non-hydrogen) atoms. The summed E-state index contributed by atoms with van der Waals surface area (Å²) in [6.07, 6.45) is 0.809. The molecule has 96 valence electrons. The van der Waals surface area contributed by atoms with Crippen LogP contribution in [0.25, 0.3) is 0 Å². The Labute approximate surface area is 118 Å². The Morgan fingerprint density at radius 2 is 1.94 bits per heavy atom. The van der Waals surface area contributed by atoms with Crippen LogP contribution in [0.3, 0.4) is 0 Å². The third-order valence-corrected chi connectivity index (χ3v) is 4.02. The van der Waals surface area contributed by atoms with Crippen molar-refractivity contribution < 1.29 is 0 Å². The number of hydrogen-bond acceptors (Lipinski definition) is 1. The summed E-state index contributed by atoms with van der Waals surface area (Å²) in [5, 5.41) is 5.09. The molecule has 4 heteroatoms. The third kappa shape index (κ3) is 2.70. The molecule has 2 aromatic rings.